The van der Waals surface area contributed by atoms with E-state index in [2.05, 4.69) is 41.3 Å². The lowest BCUT2D eigenvalue weighted by atomic mass is 9.71. The second-order valence-electron chi connectivity index (χ2n) is 5.55. The summed E-state index contributed by atoms with van der Waals surface area (Å²) in [4.78, 5) is 11.7. The summed E-state index contributed by atoms with van der Waals surface area (Å²) in [7, 11) is 1.93. The van der Waals surface area contributed by atoms with E-state index in [1.807, 2.05) is 17.8 Å². The molecule has 1 amide bonds. The van der Waals surface area contributed by atoms with Crippen molar-refractivity contribution in [2.24, 2.45) is 7.05 Å². The van der Waals surface area contributed by atoms with Crippen molar-refractivity contribution in [2.75, 3.05) is 0 Å². The molecule has 0 radical (unpaired) electrons. The fourth-order valence-corrected chi connectivity index (χ4v) is 2.92. The third kappa shape index (κ3) is 2.37. The van der Waals surface area contributed by atoms with Crippen molar-refractivity contribution >= 4 is 5.91 Å². The molecule has 0 atom stereocenters. The maximum atomic E-state index is 11.7. The minimum Gasteiger partial charge on any atom is -0.343 e. The van der Waals surface area contributed by atoms with Gasteiger partial charge in [0.2, 0.25) is 5.91 Å². The highest BCUT2D eigenvalue weighted by molar-refractivity contribution is 5.87. The lowest BCUT2D eigenvalue weighted by molar-refractivity contribution is -0.119. The monoisotopic (exact) mass is 281 g/mol. The number of benzene rings is 1. The Hall–Kier alpha value is -2.36. The number of hydrogen-bond donors (Lipinski definition) is 1. The standard InChI is InChI=1S/C17H19N3O/c1-3-16(21)19-17(10-4-11-17)14-7-5-13(6-8-14)15-9-12-18-20(15)2/h3,5-9,12H,1,4,10-11H2,2H3,(H,19,21). The Morgan fingerprint density at radius 1 is 1.33 bits per heavy atom. The van der Waals surface area contributed by atoms with Gasteiger partial charge >= 0.3 is 0 Å². The third-order valence-corrected chi connectivity index (χ3v) is 4.31. The van der Waals surface area contributed by atoms with Gasteiger partial charge in [0, 0.05) is 13.2 Å². The second kappa shape index (κ2) is 5.20. The molecule has 0 bridgehead atoms. The van der Waals surface area contributed by atoms with E-state index in [1.165, 1.54) is 6.08 Å². The number of nitrogens with one attached hydrogen (secondary N) is 1. The van der Waals surface area contributed by atoms with Gasteiger partial charge in [-0.05, 0) is 42.5 Å². The summed E-state index contributed by atoms with van der Waals surface area (Å²) < 4.78 is 1.85. The van der Waals surface area contributed by atoms with Crippen molar-refractivity contribution in [1.29, 1.82) is 0 Å². The van der Waals surface area contributed by atoms with Gasteiger partial charge in [-0.3, -0.25) is 9.48 Å². The van der Waals surface area contributed by atoms with Crippen molar-refractivity contribution in [3.63, 3.8) is 0 Å². The van der Waals surface area contributed by atoms with Crippen molar-refractivity contribution in [2.45, 2.75) is 24.8 Å². The summed E-state index contributed by atoms with van der Waals surface area (Å²) >= 11 is 0. The zero-order valence-corrected chi connectivity index (χ0v) is 12.2. The largest absolute Gasteiger partial charge is 0.343 e. The van der Waals surface area contributed by atoms with Crippen molar-refractivity contribution in [3.05, 3.63) is 54.7 Å². The van der Waals surface area contributed by atoms with Gasteiger partial charge in [0.15, 0.2) is 0 Å². The van der Waals surface area contributed by atoms with Crippen LogP contribution in [-0.2, 0) is 17.4 Å². The number of rotatable bonds is 4. The summed E-state index contributed by atoms with van der Waals surface area (Å²) in [6.45, 7) is 3.53. The molecule has 1 N–H and O–H groups in total. The Labute approximate surface area is 124 Å². The SMILES string of the molecule is C=CC(=O)NC1(c2ccc(-c3ccnn3C)cc2)CCC1. The molecular weight excluding hydrogens is 262 g/mol. The number of amides is 1. The Kier molecular flexibility index (Phi) is 3.37. The molecule has 4 nitrogen and oxygen atoms in total. The zero-order chi connectivity index (χ0) is 14.9. The summed E-state index contributed by atoms with van der Waals surface area (Å²) in [6.07, 6.45) is 6.24. The number of carbonyl (C=O) groups excluding carboxylic acids is 1. The average Bonchev–Trinajstić information content (AvgIpc) is 2.89. The van der Waals surface area contributed by atoms with Crippen LogP contribution < -0.4 is 5.32 Å². The van der Waals surface area contributed by atoms with E-state index < -0.39 is 0 Å². The summed E-state index contributed by atoms with van der Waals surface area (Å²) in [5, 5.41) is 7.28. The van der Waals surface area contributed by atoms with Crippen LogP contribution in [-0.4, -0.2) is 15.7 Å². The van der Waals surface area contributed by atoms with Gasteiger partial charge < -0.3 is 5.32 Å². The van der Waals surface area contributed by atoms with Crippen LogP contribution in [0.3, 0.4) is 0 Å². The first-order valence-corrected chi connectivity index (χ1v) is 7.18. The summed E-state index contributed by atoms with van der Waals surface area (Å²) in [5.74, 6) is -0.106. The Morgan fingerprint density at radius 2 is 2.05 bits per heavy atom. The minimum absolute atomic E-state index is 0.106. The Morgan fingerprint density at radius 3 is 2.52 bits per heavy atom. The normalized spacial score (nSPS) is 16.0. The van der Waals surface area contributed by atoms with E-state index in [0.717, 1.165) is 36.1 Å². The molecule has 108 valence electrons. The quantitative estimate of drug-likeness (QED) is 0.876. The van der Waals surface area contributed by atoms with Crippen LogP contribution in [0.25, 0.3) is 11.3 Å². The Balaban J connectivity index is 1.88. The van der Waals surface area contributed by atoms with Gasteiger partial charge in [-0.25, -0.2) is 0 Å². The van der Waals surface area contributed by atoms with Crippen LogP contribution in [0.2, 0.25) is 0 Å². The van der Waals surface area contributed by atoms with E-state index in [4.69, 9.17) is 0 Å². The zero-order valence-electron chi connectivity index (χ0n) is 12.2. The van der Waals surface area contributed by atoms with Gasteiger partial charge in [0.05, 0.1) is 11.2 Å². The fraction of sp³-hybridized carbons (Fsp3) is 0.294. The molecule has 1 aromatic heterocycles. The third-order valence-electron chi connectivity index (χ3n) is 4.31. The maximum absolute atomic E-state index is 11.7. The van der Waals surface area contributed by atoms with E-state index in [0.29, 0.717) is 0 Å². The van der Waals surface area contributed by atoms with Crippen LogP contribution >= 0.6 is 0 Å². The summed E-state index contributed by atoms with van der Waals surface area (Å²) in [5.41, 5.74) is 3.16. The molecule has 0 saturated heterocycles. The number of aromatic nitrogens is 2. The number of hydrogen-bond acceptors (Lipinski definition) is 2. The molecule has 0 unspecified atom stereocenters. The second-order valence-corrected chi connectivity index (χ2v) is 5.55. The van der Waals surface area contributed by atoms with Gasteiger partial charge in [0.1, 0.15) is 0 Å². The topological polar surface area (TPSA) is 46.9 Å². The van der Waals surface area contributed by atoms with Crippen molar-refractivity contribution in [1.82, 2.24) is 15.1 Å². The van der Waals surface area contributed by atoms with Crippen LogP contribution in [0, 0.1) is 0 Å². The van der Waals surface area contributed by atoms with Gasteiger partial charge in [0.25, 0.3) is 0 Å². The molecule has 0 aliphatic heterocycles. The lowest BCUT2D eigenvalue weighted by Crippen LogP contribution is -2.50. The van der Waals surface area contributed by atoms with Crippen LogP contribution in [0.15, 0.2) is 49.2 Å². The average molecular weight is 281 g/mol. The van der Waals surface area contributed by atoms with Crippen molar-refractivity contribution in [3.8, 4) is 11.3 Å². The van der Waals surface area contributed by atoms with Crippen molar-refractivity contribution < 1.29 is 4.79 Å². The fourth-order valence-electron chi connectivity index (χ4n) is 2.92. The highest BCUT2D eigenvalue weighted by Gasteiger charge is 2.39. The summed E-state index contributed by atoms with van der Waals surface area (Å²) in [6, 6.07) is 10.4. The highest BCUT2D eigenvalue weighted by atomic mass is 16.1. The molecule has 2 aromatic rings. The molecule has 4 heteroatoms. The predicted octanol–water partition coefficient (Wildman–Crippen LogP) is 2.77. The molecule has 1 aromatic carbocycles. The molecule has 1 saturated carbocycles. The molecule has 1 heterocycles. The van der Waals surface area contributed by atoms with Gasteiger partial charge in [-0.15, -0.1) is 0 Å². The van der Waals surface area contributed by atoms with Crippen LogP contribution in [0.1, 0.15) is 24.8 Å². The molecule has 1 fully saturated rings. The molecule has 3 rings (SSSR count). The first-order valence-electron chi connectivity index (χ1n) is 7.18. The number of aryl methyl sites for hydroxylation is 1. The first-order chi connectivity index (χ1) is 10.1. The lowest BCUT2D eigenvalue weighted by Gasteiger charge is -2.43. The molecule has 21 heavy (non-hydrogen) atoms. The van der Waals surface area contributed by atoms with Crippen LogP contribution in [0.4, 0.5) is 0 Å². The molecule has 0 spiro atoms. The Bertz CT molecular complexity index is 666. The highest BCUT2D eigenvalue weighted by Crippen LogP contribution is 2.41. The minimum atomic E-state index is -0.212. The van der Waals surface area contributed by atoms with E-state index in [-0.39, 0.29) is 11.4 Å². The van der Waals surface area contributed by atoms with Gasteiger partial charge in [-0.1, -0.05) is 30.8 Å². The molecule has 1 aliphatic rings. The predicted molar refractivity (Wildman–Crippen MR) is 82.5 cm³/mol. The first kappa shape index (κ1) is 13.6. The van der Waals surface area contributed by atoms with E-state index in [1.54, 1.807) is 6.20 Å². The maximum Gasteiger partial charge on any atom is 0.244 e. The van der Waals surface area contributed by atoms with E-state index in [9.17, 15) is 4.79 Å². The number of carbonyl (C=O) groups is 1. The van der Waals surface area contributed by atoms with E-state index >= 15 is 0 Å². The molecular formula is C17H19N3O. The van der Waals surface area contributed by atoms with Gasteiger partial charge in [-0.2, -0.15) is 5.10 Å². The van der Waals surface area contributed by atoms with Crippen LogP contribution in [0.5, 0.6) is 0 Å². The number of nitrogens with zero attached hydrogens (tertiary/aromatic N) is 2. The smallest absolute Gasteiger partial charge is 0.244 e. The molecule has 1 aliphatic carbocycles.